The lowest BCUT2D eigenvalue weighted by molar-refractivity contribution is -0.142. The molecule has 0 fully saturated rings. The highest BCUT2D eigenvalue weighted by Gasteiger charge is 2.13. The first-order chi connectivity index (χ1) is 9.86. The highest BCUT2D eigenvalue weighted by Crippen LogP contribution is 2.34. The van der Waals surface area contributed by atoms with E-state index in [1.54, 1.807) is 19.1 Å². The van der Waals surface area contributed by atoms with Crippen molar-refractivity contribution in [2.75, 3.05) is 33.9 Å². The van der Waals surface area contributed by atoms with Gasteiger partial charge in [0.25, 0.3) is 0 Å². The Balaban J connectivity index is 2.66. The zero-order chi connectivity index (χ0) is 16.0. The molecule has 0 unspecified atom stereocenters. The van der Waals surface area contributed by atoms with Crippen molar-refractivity contribution < 1.29 is 19.4 Å². The zero-order valence-electron chi connectivity index (χ0n) is 13.2. The first kappa shape index (κ1) is 17.8. The molecule has 0 atom stereocenters. The van der Waals surface area contributed by atoms with Crippen LogP contribution in [0.25, 0.3) is 0 Å². The molecule has 0 saturated heterocycles. The van der Waals surface area contributed by atoms with E-state index < -0.39 is 5.97 Å². The fourth-order valence-corrected chi connectivity index (χ4v) is 2.90. The molecule has 21 heavy (non-hydrogen) atoms. The van der Waals surface area contributed by atoms with Crippen LogP contribution in [0.4, 0.5) is 0 Å². The molecule has 0 heterocycles. The summed E-state index contributed by atoms with van der Waals surface area (Å²) >= 11 is 1.64. The van der Waals surface area contributed by atoms with Gasteiger partial charge < -0.3 is 14.6 Å². The summed E-state index contributed by atoms with van der Waals surface area (Å²) in [5, 5.41) is 8.51. The number of likely N-dealkylation sites (N-methyl/N-ethyl adjacent to an activating group) is 1. The van der Waals surface area contributed by atoms with Crippen molar-refractivity contribution in [2.45, 2.75) is 25.7 Å². The van der Waals surface area contributed by atoms with Crippen LogP contribution in [0.3, 0.4) is 0 Å². The van der Waals surface area contributed by atoms with Crippen LogP contribution in [0.2, 0.25) is 0 Å². The Labute approximate surface area is 130 Å². The van der Waals surface area contributed by atoms with Gasteiger partial charge in [-0.3, -0.25) is 0 Å². The first-order valence-corrected chi connectivity index (χ1v) is 7.47. The molecule has 1 aromatic rings. The van der Waals surface area contributed by atoms with Crippen LogP contribution >= 0.6 is 11.9 Å². The van der Waals surface area contributed by atoms with E-state index in [0.29, 0.717) is 13.2 Å². The highest BCUT2D eigenvalue weighted by molar-refractivity contribution is 7.97. The Morgan fingerprint density at radius 3 is 2.57 bits per heavy atom. The number of carboxylic acids is 1. The van der Waals surface area contributed by atoms with E-state index in [2.05, 4.69) is 13.8 Å². The lowest BCUT2D eigenvalue weighted by atomic mass is 10.1. The molecule has 118 valence electrons. The SMILES string of the molecule is COc1cc(C)c(SN(C)CCOCC(=O)O)c(C)c1C. The number of aliphatic carboxylic acids is 1. The van der Waals surface area contributed by atoms with Crippen LogP contribution < -0.4 is 4.74 Å². The number of carbonyl (C=O) groups is 1. The topological polar surface area (TPSA) is 59.0 Å². The number of hydrogen-bond donors (Lipinski definition) is 1. The Hall–Kier alpha value is -1.24. The molecule has 0 spiro atoms. The van der Waals surface area contributed by atoms with Crippen molar-refractivity contribution >= 4 is 17.9 Å². The number of aryl methyl sites for hydroxylation is 1. The lowest BCUT2D eigenvalue weighted by Crippen LogP contribution is -2.19. The fraction of sp³-hybridized carbons (Fsp3) is 0.533. The molecule has 1 rings (SSSR count). The van der Waals surface area contributed by atoms with Crippen molar-refractivity contribution in [2.24, 2.45) is 0 Å². The average Bonchev–Trinajstić information content (AvgIpc) is 2.43. The van der Waals surface area contributed by atoms with Crippen LogP contribution in [0.1, 0.15) is 16.7 Å². The van der Waals surface area contributed by atoms with Gasteiger partial charge in [-0.15, -0.1) is 0 Å². The second kappa shape index (κ2) is 8.26. The molecule has 6 heteroatoms. The molecule has 0 amide bonds. The number of carboxylic acid groups (broad SMARTS) is 1. The molecule has 0 radical (unpaired) electrons. The zero-order valence-corrected chi connectivity index (χ0v) is 14.0. The van der Waals surface area contributed by atoms with Gasteiger partial charge in [-0.05, 0) is 62.5 Å². The van der Waals surface area contributed by atoms with E-state index in [9.17, 15) is 4.79 Å². The predicted molar refractivity (Wildman–Crippen MR) is 84.1 cm³/mol. The van der Waals surface area contributed by atoms with Crippen LogP contribution in [0.15, 0.2) is 11.0 Å². The van der Waals surface area contributed by atoms with Gasteiger partial charge in [0.1, 0.15) is 12.4 Å². The normalized spacial score (nSPS) is 11.0. The molecule has 1 N–H and O–H groups in total. The minimum absolute atomic E-state index is 0.252. The maximum absolute atomic E-state index is 10.4. The third-order valence-corrected chi connectivity index (χ3v) is 4.53. The highest BCUT2D eigenvalue weighted by atomic mass is 32.2. The summed E-state index contributed by atoms with van der Waals surface area (Å²) in [6, 6.07) is 2.04. The average molecular weight is 313 g/mol. The van der Waals surface area contributed by atoms with E-state index in [-0.39, 0.29) is 6.61 Å². The predicted octanol–water partition coefficient (Wildman–Crippen LogP) is 2.66. The van der Waals surface area contributed by atoms with Crippen molar-refractivity contribution in [3.63, 3.8) is 0 Å². The van der Waals surface area contributed by atoms with Gasteiger partial charge in [-0.25, -0.2) is 9.10 Å². The Morgan fingerprint density at radius 2 is 2.00 bits per heavy atom. The molecule has 5 nitrogen and oxygen atoms in total. The third-order valence-electron chi connectivity index (χ3n) is 3.22. The van der Waals surface area contributed by atoms with Crippen LogP contribution in [0, 0.1) is 20.8 Å². The first-order valence-electron chi connectivity index (χ1n) is 6.70. The fourth-order valence-electron chi connectivity index (χ4n) is 1.93. The maximum Gasteiger partial charge on any atom is 0.329 e. The van der Waals surface area contributed by atoms with Crippen LogP contribution in [-0.2, 0) is 9.53 Å². The van der Waals surface area contributed by atoms with Gasteiger partial charge in [-0.1, -0.05) is 0 Å². The summed E-state index contributed by atoms with van der Waals surface area (Å²) in [7, 11) is 3.65. The van der Waals surface area contributed by atoms with E-state index >= 15 is 0 Å². The van der Waals surface area contributed by atoms with Gasteiger partial charge >= 0.3 is 5.97 Å². The molecular weight excluding hydrogens is 290 g/mol. The molecule has 0 aliphatic rings. The van der Waals surface area contributed by atoms with Crippen LogP contribution in [0.5, 0.6) is 5.75 Å². The van der Waals surface area contributed by atoms with E-state index in [1.165, 1.54) is 16.0 Å². The van der Waals surface area contributed by atoms with E-state index in [4.69, 9.17) is 14.6 Å². The molecule has 0 aliphatic carbocycles. The number of rotatable bonds is 8. The summed E-state index contributed by atoms with van der Waals surface area (Å²) in [5.41, 5.74) is 3.51. The van der Waals surface area contributed by atoms with Crippen LogP contribution in [-0.4, -0.2) is 49.3 Å². The number of ether oxygens (including phenoxy) is 2. The summed E-state index contributed by atoms with van der Waals surface area (Å²) < 4.78 is 12.5. The minimum atomic E-state index is -0.942. The van der Waals surface area contributed by atoms with Gasteiger partial charge in [0.2, 0.25) is 0 Å². The quantitative estimate of drug-likeness (QED) is 0.588. The lowest BCUT2D eigenvalue weighted by Gasteiger charge is -2.20. The van der Waals surface area contributed by atoms with E-state index in [0.717, 1.165) is 11.3 Å². The van der Waals surface area contributed by atoms with Gasteiger partial charge in [0, 0.05) is 11.4 Å². The second-order valence-electron chi connectivity index (χ2n) is 4.86. The number of benzene rings is 1. The molecule has 0 aliphatic heterocycles. The van der Waals surface area contributed by atoms with Crippen molar-refractivity contribution in [1.82, 2.24) is 4.31 Å². The smallest absolute Gasteiger partial charge is 0.329 e. The molecule has 1 aromatic carbocycles. The number of nitrogens with zero attached hydrogens (tertiary/aromatic N) is 1. The monoisotopic (exact) mass is 313 g/mol. The van der Waals surface area contributed by atoms with Gasteiger partial charge in [0.15, 0.2) is 0 Å². The largest absolute Gasteiger partial charge is 0.496 e. The molecule has 0 saturated carbocycles. The standard InChI is InChI=1S/C15H23NO4S/c1-10-8-13(19-5)11(2)12(3)15(10)21-16(4)6-7-20-9-14(17)18/h8H,6-7,9H2,1-5H3,(H,17,18). The molecule has 0 bridgehead atoms. The minimum Gasteiger partial charge on any atom is -0.496 e. The number of methoxy groups -OCH3 is 1. The molecule has 0 aromatic heterocycles. The Morgan fingerprint density at radius 1 is 1.33 bits per heavy atom. The summed E-state index contributed by atoms with van der Waals surface area (Å²) in [5.74, 6) is -0.0374. The van der Waals surface area contributed by atoms with Crippen molar-refractivity contribution in [1.29, 1.82) is 0 Å². The third kappa shape index (κ3) is 5.22. The second-order valence-corrected chi connectivity index (χ2v) is 6.08. The summed E-state index contributed by atoms with van der Waals surface area (Å²) in [6.07, 6.45) is 0. The van der Waals surface area contributed by atoms with E-state index in [1.807, 2.05) is 24.3 Å². The van der Waals surface area contributed by atoms with Gasteiger partial charge in [0.05, 0.1) is 13.7 Å². The summed E-state index contributed by atoms with van der Waals surface area (Å²) in [4.78, 5) is 11.6. The molecular formula is C15H23NO4S. The number of hydrogen-bond acceptors (Lipinski definition) is 5. The maximum atomic E-state index is 10.4. The Kier molecular flexibility index (Phi) is 7.01. The Bertz CT molecular complexity index is 505. The van der Waals surface area contributed by atoms with Crippen molar-refractivity contribution in [3.8, 4) is 5.75 Å². The van der Waals surface area contributed by atoms with Gasteiger partial charge in [-0.2, -0.15) is 0 Å². The van der Waals surface area contributed by atoms with Crippen molar-refractivity contribution in [3.05, 3.63) is 22.8 Å². The summed E-state index contributed by atoms with van der Waals surface area (Å²) in [6.45, 7) is 6.99.